The molecule has 1 aromatic rings. The number of nitrogens with one attached hydrogen (secondary N) is 1. The summed E-state index contributed by atoms with van der Waals surface area (Å²) in [5.41, 5.74) is 1.41. The van der Waals surface area contributed by atoms with E-state index in [1.54, 1.807) is 30.9 Å². The predicted molar refractivity (Wildman–Crippen MR) is 148 cm³/mol. The van der Waals surface area contributed by atoms with Gasteiger partial charge < -0.3 is 10.4 Å². The average molecular weight is 492 g/mol. The minimum Gasteiger partial charge on any atom is -0.480 e. The molecule has 194 valence electrons. The van der Waals surface area contributed by atoms with Crippen LogP contribution in [-0.4, -0.2) is 38.6 Å². The summed E-state index contributed by atoms with van der Waals surface area (Å²) in [5, 5.41) is 12.5. The molecule has 0 aliphatic heterocycles. The smallest absolute Gasteiger partial charge is 0.327 e. The van der Waals surface area contributed by atoms with Gasteiger partial charge in [0.25, 0.3) is 0 Å². The quantitative estimate of drug-likeness (QED) is 0.152. The summed E-state index contributed by atoms with van der Waals surface area (Å²) in [6, 6.07) is 1.04. The predicted octanol–water partition coefficient (Wildman–Crippen LogP) is 7.77. The zero-order chi connectivity index (χ0) is 25.3. The molecule has 1 aromatic heterocycles. The number of thioether (sulfide) groups is 1. The van der Waals surface area contributed by atoms with Gasteiger partial charge >= 0.3 is 5.97 Å². The van der Waals surface area contributed by atoms with Crippen LogP contribution in [0.25, 0.3) is 0 Å². The second-order valence-corrected chi connectivity index (χ2v) is 11.5. The molecule has 0 saturated heterocycles. The number of allylic oxidation sites excluding steroid dienone is 1. The zero-order valence-electron chi connectivity index (χ0n) is 22.5. The highest BCUT2D eigenvalue weighted by Crippen LogP contribution is 2.22. The van der Waals surface area contributed by atoms with Crippen LogP contribution in [0.1, 0.15) is 98.2 Å². The lowest BCUT2D eigenvalue weighted by Gasteiger charge is -2.15. The minimum absolute atomic E-state index is 0.495. The Kier molecular flexibility index (Phi) is 16.0. The van der Waals surface area contributed by atoms with Crippen LogP contribution in [0.4, 0.5) is 5.82 Å². The Morgan fingerprint density at radius 1 is 1.06 bits per heavy atom. The van der Waals surface area contributed by atoms with Crippen LogP contribution in [0.2, 0.25) is 0 Å². The number of aryl methyl sites for hydroxylation is 1. The molecule has 0 fully saturated rings. The van der Waals surface area contributed by atoms with Crippen molar-refractivity contribution in [3.8, 4) is 0 Å². The first-order valence-corrected chi connectivity index (χ1v) is 14.3. The highest BCUT2D eigenvalue weighted by Gasteiger charge is 2.17. The fraction of sp³-hybridized carbons (Fsp3) is 0.750. The number of carboxylic acids is 1. The van der Waals surface area contributed by atoms with Crippen molar-refractivity contribution < 1.29 is 9.90 Å². The van der Waals surface area contributed by atoms with E-state index in [1.807, 2.05) is 0 Å². The number of hydrogen-bond acceptors (Lipinski definition) is 5. The normalized spacial score (nSPS) is 14.7. The molecule has 0 aromatic carbocycles. The van der Waals surface area contributed by atoms with Crippen molar-refractivity contribution in [1.29, 1.82) is 0 Å². The van der Waals surface area contributed by atoms with Gasteiger partial charge in [0.05, 0.1) is 0 Å². The van der Waals surface area contributed by atoms with Gasteiger partial charge in [0.1, 0.15) is 17.7 Å². The van der Waals surface area contributed by atoms with Crippen molar-refractivity contribution in [3.63, 3.8) is 0 Å². The van der Waals surface area contributed by atoms with E-state index in [0.717, 1.165) is 29.9 Å². The molecule has 0 spiro atoms. The summed E-state index contributed by atoms with van der Waals surface area (Å²) < 4.78 is 0. The first-order chi connectivity index (χ1) is 16.2. The average Bonchev–Trinajstić information content (AvgIpc) is 2.75. The third-order valence-corrected chi connectivity index (χ3v) is 7.34. The first kappa shape index (κ1) is 30.5. The van der Waals surface area contributed by atoms with E-state index < -0.39 is 12.0 Å². The number of aromatic nitrogens is 2. The lowest BCUT2D eigenvalue weighted by molar-refractivity contribution is -0.137. The summed E-state index contributed by atoms with van der Waals surface area (Å²) in [5.74, 6) is 4.17. The van der Waals surface area contributed by atoms with Gasteiger partial charge in [-0.05, 0) is 50.5 Å². The Bertz CT molecular complexity index is 723. The van der Waals surface area contributed by atoms with Crippen LogP contribution in [0.3, 0.4) is 0 Å². The molecule has 3 unspecified atom stereocenters. The van der Waals surface area contributed by atoms with Crippen LogP contribution in [0, 0.1) is 24.7 Å². The Balaban J connectivity index is 2.17. The minimum atomic E-state index is -0.858. The zero-order valence-corrected chi connectivity index (χ0v) is 23.3. The van der Waals surface area contributed by atoms with E-state index in [4.69, 9.17) is 0 Å². The lowest BCUT2D eigenvalue weighted by atomic mass is 9.91. The lowest BCUT2D eigenvalue weighted by Crippen LogP contribution is -2.32. The summed E-state index contributed by atoms with van der Waals surface area (Å²) in [6.45, 7) is 13.4. The third-order valence-electron chi connectivity index (χ3n) is 6.37. The maximum absolute atomic E-state index is 11.6. The van der Waals surface area contributed by atoms with Gasteiger partial charge in [-0.2, -0.15) is 11.8 Å². The van der Waals surface area contributed by atoms with Gasteiger partial charge in [0.2, 0.25) is 0 Å². The molecular formula is C28H49N3O2S. The van der Waals surface area contributed by atoms with Crippen molar-refractivity contribution in [1.82, 2.24) is 9.97 Å². The van der Waals surface area contributed by atoms with Crippen LogP contribution >= 0.6 is 11.8 Å². The molecule has 0 saturated carbocycles. The van der Waals surface area contributed by atoms with Gasteiger partial charge in [-0.25, -0.2) is 14.8 Å². The molecule has 1 heterocycles. The number of aliphatic carboxylic acids is 1. The van der Waals surface area contributed by atoms with Crippen LogP contribution in [0.5, 0.6) is 0 Å². The Morgan fingerprint density at radius 3 is 2.26 bits per heavy atom. The summed E-state index contributed by atoms with van der Waals surface area (Å²) >= 11 is 1.64. The highest BCUT2D eigenvalue weighted by molar-refractivity contribution is 7.99. The van der Waals surface area contributed by atoms with Gasteiger partial charge in [0.15, 0.2) is 0 Å². The molecule has 3 atom stereocenters. The summed E-state index contributed by atoms with van der Waals surface area (Å²) in [7, 11) is 0. The molecule has 0 amide bonds. The van der Waals surface area contributed by atoms with Crippen molar-refractivity contribution in [3.05, 3.63) is 29.7 Å². The Hall–Kier alpha value is -1.56. The van der Waals surface area contributed by atoms with Crippen molar-refractivity contribution in [2.75, 3.05) is 16.8 Å². The van der Waals surface area contributed by atoms with Crippen LogP contribution in [0.15, 0.2) is 23.9 Å². The van der Waals surface area contributed by atoms with E-state index in [-0.39, 0.29) is 0 Å². The molecule has 5 nitrogen and oxygen atoms in total. The van der Waals surface area contributed by atoms with E-state index in [2.05, 4.69) is 56.0 Å². The van der Waals surface area contributed by atoms with Gasteiger partial charge in [-0.3, -0.25) is 0 Å². The molecule has 0 aliphatic carbocycles. The summed E-state index contributed by atoms with van der Waals surface area (Å²) in [6.07, 6.45) is 15.8. The van der Waals surface area contributed by atoms with Crippen LogP contribution in [-0.2, 0) is 4.79 Å². The molecule has 2 N–H and O–H groups in total. The standard InChI is InChI=1S/C28H49N3O2S/c1-21(2)10-7-11-22(3)12-8-13-23(4)14-9-15-24(5)17-19-34-20-26(28(32)33)31-27-16-18-29-25(6)30-27/h16-18,21-23,26H,7-15,19-20H2,1-6H3,(H,32,33)(H,29,30,31)/b24-17+. The summed E-state index contributed by atoms with van der Waals surface area (Å²) in [4.78, 5) is 19.9. The number of carbonyl (C=O) groups is 1. The van der Waals surface area contributed by atoms with Gasteiger partial charge in [-0.15, -0.1) is 0 Å². The maximum atomic E-state index is 11.6. The Labute approximate surface area is 213 Å². The maximum Gasteiger partial charge on any atom is 0.327 e. The van der Waals surface area contributed by atoms with E-state index >= 15 is 0 Å². The highest BCUT2D eigenvalue weighted by atomic mass is 32.2. The molecule has 1 rings (SSSR count). The molecule has 34 heavy (non-hydrogen) atoms. The molecule has 0 bridgehead atoms. The van der Waals surface area contributed by atoms with E-state index in [9.17, 15) is 9.90 Å². The van der Waals surface area contributed by atoms with Crippen molar-refractivity contribution >= 4 is 23.5 Å². The number of anilines is 1. The fourth-order valence-electron chi connectivity index (χ4n) is 4.09. The second kappa shape index (κ2) is 17.8. The number of nitrogens with zero attached hydrogens (tertiary/aromatic N) is 2. The van der Waals surface area contributed by atoms with Crippen LogP contribution < -0.4 is 5.32 Å². The number of hydrogen-bond donors (Lipinski definition) is 2. The van der Waals surface area contributed by atoms with Crippen molar-refractivity contribution in [2.24, 2.45) is 17.8 Å². The number of carboxylic acid groups (broad SMARTS) is 1. The third kappa shape index (κ3) is 15.4. The molecule has 0 radical (unpaired) electrons. The Morgan fingerprint density at radius 2 is 1.68 bits per heavy atom. The molecule has 6 heteroatoms. The van der Waals surface area contributed by atoms with E-state index in [0.29, 0.717) is 17.4 Å². The SMILES string of the molecule is C/C(=C\CSCC(Nc1ccnc(C)n1)C(=O)O)CCCC(C)CCCC(C)CCCC(C)C. The van der Waals surface area contributed by atoms with E-state index in [1.165, 1.54) is 56.9 Å². The topological polar surface area (TPSA) is 75.1 Å². The monoisotopic (exact) mass is 491 g/mol. The largest absolute Gasteiger partial charge is 0.480 e. The van der Waals surface area contributed by atoms with Crippen molar-refractivity contribution in [2.45, 2.75) is 105 Å². The first-order valence-electron chi connectivity index (χ1n) is 13.2. The number of rotatable bonds is 19. The van der Waals surface area contributed by atoms with Gasteiger partial charge in [-0.1, -0.05) is 84.3 Å². The molecular weight excluding hydrogens is 442 g/mol. The fourth-order valence-corrected chi connectivity index (χ4v) is 5.09. The van der Waals surface area contributed by atoms with Gasteiger partial charge in [0, 0.05) is 17.7 Å². The second-order valence-electron chi connectivity index (χ2n) is 10.5. The molecule has 0 aliphatic rings.